The molecular weight excluding hydrogens is 376 g/mol. The molecule has 1 fully saturated rings. The number of hydrogen-bond acceptors (Lipinski definition) is 3. The number of rotatable bonds is 7. The van der Waals surface area contributed by atoms with E-state index < -0.39 is 0 Å². The van der Waals surface area contributed by atoms with Gasteiger partial charge in [-0.1, -0.05) is 37.6 Å². The number of aromatic nitrogens is 2. The second-order valence-corrected chi connectivity index (χ2v) is 7.84. The summed E-state index contributed by atoms with van der Waals surface area (Å²) in [7, 11) is 0. The van der Waals surface area contributed by atoms with E-state index in [9.17, 15) is 9.59 Å². The monoisotopic (exact) mass is 400 g/mol. The standard InChI is InChI=1S/C21H25ClN4O2/c1-13(2)12-26-20(22)16(14(3)25-26)10-11-19(27)24-18-7-5-4-6-17(18)21(28)23-15-8-9-15/h4-7,10-11,13,15H,8-9,12H2,1-3H3,(H,23,28)(H,24,27). The van der Waals surface area contributed by atoms with Crippen LogP contribution in [-0.2, 0) is 11.3 Å². The SMILES string of the molecule is Cc1nn(CC(C)C)c(Cl)c1C=CC(=O)Nc1ccccc1C(=O)NC1CC1. The third kappa shape index (κ3) is 5.01. The second-order valence-electron chi connectivity index (χ2n) is 7.48. The molecule has 1 aromatic heterocycles. The highest BCUT2D eigenvalue weighted by Crippen LogP contribution is 2.23. The van der Waals surface area contributed by atoms with E-state index in [0.29, 0.717) is 28.9 Å². The number of benzene rings is 1. The van der Waals surface area contributed by atoms with Gasteiger partial charge in [-0.05, 0) is 43.9 Å². The Kier molecular flexibility index (Phi) is 6.19. The lowest BCUT2D eigenvalue weighted by Gasteiger charge is -2.10. The molecule has 3 rings (SSSR count). The molecule has 6 nitrogen and oxygen atoms in total. The Balaban J connectivity index is 1.71. The van der Waals surface area contributed by atoms with E-state index in [4.69, 9.17) is 11.6 Å². The number of halogens is 1. The van der Waals surface area contributed by atoms with Crippen LogP contribution in [0, 0.1) is 12.8 Å². The van der Waals surface area contributed by atoms with E-state index in [-0.39, 0.29) is 17.9 Å². The quantitative estimate of drug-likeness (QED) is 0.688. The number of carbonyl (C=O) groups excluding carboxylic acids is 2. The van der Waals surface area contributed by atoms with Crippen LogP contribution in [0.25, 0.3) is 6.08 Å². The van der Waals surface area contributed by atoms with Crippen LogP contribution >= 0.6 is 11.6 Å². The first-order valence-corrected chi connectivity index (χ1v) is 9.84. The lowest BCUT2D eigenvalue weighted by atomic mass is 10.1. The van der Waals surface area contributed by atoms with E-state index in [0.717, 1.165) is 24.1 Å². The molecule has 2 amide bonds. The number of hydrogen-bond donors (Lipinski definition) is 2. The molecule has 1 heterocycles. The van der Waals surface area contributed by atoms with Crippen molar-refractivity contribution in [1.29, 1.82) is 0 Å². The minimum atomic E-state index is -0.334. The smallest absolute Gasteiger partial charge is 0.253 e. The number of nitrogens with one attached hydrogen (secondary N) is 2. The molecule has 1 aliphatic carbocycles. The van der Waals surface area contributed by atoms with Crippen molar-refractivity contribution in [2.45, 2.75) is 46.2 Å². The van der Waals surface area contributed by atoms with Gasteiger partial charge in [-0.25, -0.2) is 0 Å². The van der Waals surface area contributed by atoms with Gasteiger partial charge in [-0.2, -0.15) is 5.10 Å². The summed E-state index contributed by atoms with van der Waals surface area (Å²) in [5.74, 6) is -0.0924. The van der Waals surface area contributed by atoms with Crippen molar-refractivity contribution in [3.05, 3.63) is 52.3 Å². The van der Waals surface area contributed by atoms with Crippen LogP contribution < -0.4 is 10.6 Å². The van der Waals surface area contributed by atoms with E-state index in [1.54, 1.807) is 35.0 Å². The van der Waals surface area contributed by atoms with Gasteiger partial charge in [0.2, 0.25) is 5.91 Å². The molecule has 0 aliphatic heterocycles. The number of para-hydroxylation sites is 1. The molecular formula is C21H25ClN4O2. The first kappa shape index (κ1) is 20.1. The fourth-order valence-electron chi connectivity index (χ4n) is 2.84. The predicted octanol–water partition coefficient (Wildman–Crippen LogP) is 4.05. The molecule has 0 radical (unpaired) electrons. The van der Waals surface area contributed by atoms with Crippen molar-refractivity contribution in [2.24, 2.45) is 5.92 Å². The Morgan fingerprint density at radius 3 is 2.71 bits per heavy atom. The third-order valence-corrected chi connectivity index (χ3v) is 4.79. The fraction of sp³-hybridized carbons (Fsp3) is 0.381. The number of nitrogens with zero attached hydrogens (tertiary/aromatic N) is 2. The Morgan fingerprint density at radius 2 is 2.04 bits per heavy atom. The van der Waals surface area contributed by atoms with Crippen molar-refractivity contribution in [3.8, 4) is 0 Å². The molecule has 0 spiro atoms. The molecule has 1 aliphatic rings. The van der Waals surface area contributed by atoms with Crippen molar-refractivity contribution >= 4 is 35.2 Å². The van der Waals surface area contributed by atoms with Gasteiger partial charge in [-0.15, -0.1) is 0 Å². The van der Waals surface area contributed by atoms with Crippen molar-refractivity contribution < 1.29 is 9.59 Å². The summed E-state index contributed by atoms with van der Waals surface area (Å²) < 4.78 is 1.75. The van der Waals surface area contributed by atoms with Crippen LogP contribution in [0.4, 0.5) is 5.69 Å². The first-order valence-electron chi connectivity index (χ1n) is 9.47. The van der Waals surface area contributed by atoms with Gasteiger partial charge < -0.3 is 10.6 Å². The summed E-state index contributed by atoms with van der Waals surface area (Å²) in [6.45, 7) is 6.75. The van der Waals surface area contributed by atoms with Crippen LogP contribution in [0.2, 0.25) is 5.15 Å². The van der Waals surface area contributed by atoms with E-state index in [2.05, 4.69) is 29.6 Å². The Hall–Kier alpha value is -2.60. The highest BCUT2D eigenvalue weighted by molar-refractivity contribution is 6.31. The molecule has 0 unspecified atom stereocenters. The predicted molar refractivity (Wildman–Crippen MR) is 111 cm³/mol. The van der Waals surface area contributed by atoms with E-state index in [1.165, 1.54) is 6.08 Å². The normalized spacial score (nSPS) is 13.9. The van der Waals surface area contributed by atoms with Crippen LogP contribution in [0.3, 0.4) is 0 Å². The number of aryl methyl sites for hydroxylation is 1. The molecule has 0 atom stereocenters. The van der Waals surface area contributed by atoms with Crippen LogP contribution in [0.15, 0.2) is 30.3 Å². The van der Waals surface area contributed by atoms with Crippen LogP contribution in [-0.4, -0.2) is 27.6 Å². The van der Waals surface area contributed by atoms with Crippen LogP contribution in [0.1, 0.15) is 48.3 Å². The number of amides is 2. The zero-order valence-electron chi connectivity index (χ0n) is 16.3. The van der Waals surface area contributed by atoms with Gasteiger partial charge in [-0.3, -0.25) is 14.3 Å². The molecule has 2 N–H and O–H groups in total. The highest BCUT2D eigenvalue weighted by atomic mass is 35.5. The highest BCUT2D eigenvalue weighted by Gasteiger charge is 2.24. The van der Waals surface area contributed by atoms with E-state index in [1.807, 2.05) is 6.92 Å². The minimum absolute atomic E-state index is 0.170. The number of carbonyl (C=O) groups is 2. The topological polar surface area (TPSA) is 76.0 Å². The van der Waals surface area contributed by atoms with E-state index >= 15 is 0 Å². The molecule has 0 bridgehead atoms. The molecule has 1 saturated carbocycles. The zero-order chi connectivity index (χ0) is 20.3. The molecule has 28 heavy (non-hydrogen) atoms. The van der Waals surface area contributed by atoms with Crippen molar-refractivity contribution in [2.75, 3.05) is 5.32 Å². The van der Waals surface area contributed by atoms with Crippen molar-refractivity contribution in [1.82, 2.24) is 15.1 Å². The number of anilines is 1. The van der Waals surface area contributed by atoms with Crippen LogP contribution in [0.5, 0.6) is 0 Å². The molecule has 7 heteroatoms. The maximum Gasteiger partial charge on any atom is 0.253 e. The first-order chi connectivity index (χ1) is 13.3. The summed E-state index contributed by atoms with van der Waals surface area (Å²) >= 11 is 6.40. The van der Waals surface area contributed by atoms with Gasteiger partial charge in [0.05, 0.1) is 16.9 Å². The summed E-state index contributed by atoms with van der Waals surface area (Å²) in [6.07, 6.45) is 5.08. The fourth-order valence-corrected chi connectivity index (χ4v) is 3.14. The molecule has 148 valence electrons. The Bertz CT molecular complexity index is 913. The summed E-state index contributed by atoms with van der Waals surface area (Å²) in [4.78, 5) is 24.8. The van der Waals surface area contributed by atoms with Gasteiger partial charge in [0.15, 0.2) is 0 Å². The Morgan fingerprint density at radius 1 is 1.32 bits per heavy atom. The Labute approximate surface area is 170 Å². The van der Waals surface area contributed by atoms with Gasteiger partial charge in [0.1, 0.15) is 5.15 Å². The lowest BCUT2D eigenvalue weighted by molar-refractivity contribution is -0.111. The summed E-state index contributed by atoms with van der Waals surface area (Å²) in [6, 6.07) is 7.23. The minimum Gasteiger partial charge on any atom is -0.349 e. The zero-order valence-corrected chi connectivity index (χ0v) is 17.1. The molecule has 0 saturated heterocycles. The maximum atomic E-state index is 12.4. The maximum absolute atomic E-state index is 12.4. The van der Waals surface area contributed by atoms with Crippen molar-refractivity contribution in [3.63, 3.8) is 0 Å². The summed E-state index contributed by atoms with van der Waals surface area (Å²) in [5.41, 5.74) is 2.42. The van der Waals surface area contributed by atoms with Gasteiger partial charge in [0, 0.05) is 24.2 Å². The second kappa shape index (κ2) is 8.61. The average Bonchev–Trinajstić information content (AvgIpc) is 3.40. The third-order valence-electron chi connectivity index (χ3n) is 4.39. The summed E-state index contributed by atoms with van der Waals surface area (Å²) in [5, 5.41) is 10.7. The lowest BCUT2D eigenvalue weighted by Crippen LogP contribution is -2.26. The van der Waals surface area contributed by atoms with Gasteiger partial charge >= 0.3 is 0 Å². The average molecular weight is 401 g/mol. The van der Waals surface area contributed by atoms with Gasteiger partial charge in [0.25, 0.3) is 5.91 Å². The molecule has 1 aromatic carbocycles. The molecule has 2 aromatic rings. The largest absolute Gasteiger partial charge is 0.349 e.